The van der Waals surface area contributed by atoms with Gasteiger partial charge in [0.1, 0.15) is 28.8 Å². The highest BCUT2D eigenvalue weighted by Gasteiger charge is 2.61. The van der Waals surface area contributed by atoms with E-state index in [1.54, 1.807) is 0 Å². The van der Waals surface area contributed by atoms with Crippen LogP contribution in [0.1, 0.15) is 80.4 Å². The van der Waals surface area contributed by atoms with Gasteiger partial charge in [-0.25, -0.2) is 28.9 Å². The van der Waals surface area contributed by atoms with Crippen molar-refractivity contribution in [3.63, 3.8) is 0 Å². The first-order chi connectivity index (χ1) is 22.6. The number of amides is 2. The summed E-state index contributed by atoms with van der Waals surface area (Å²) in [5.74, 6) is -2.69. The van der Waals surface area contributed by atoms with Crippen LogP contribution >= 0.6 is 9.24 Å². The third-order valence-corrected chi connectivity index (χ3v) is 9.20. The molecule has 6 N–H and O–H groups in total. The maximum atomic E-state index is 14.9. The Morgan fingerprint density at radius 3 is 2.18 bits per heavy atom. The Balaban J connectivity index is 1.87. The van der Waals surface area contributed by atoms with Crippen LogP contribution < -0.4 is 22.4 Å². The maximum absolute atomic E-state index is 14.9. The molecule has 1 heterocycles. The summed E-state index contributed by atoms with van der Waals surface area (Å²) in [6, 6.07) is 7.04. The van der Waals surface area contributed by atoms with E-state index in [0.717, 1.165) is 17.0 Å². The topological polar surface area (TPSA) is 138 Å². The van der Waals surface area contributed by atoms with Gasteiger partial charge < -0.3 is 16.0 Å². The van der Waals surface area contributed by atoms with Crippen molar-refractivity contribution in [1.82, 2.24) is 15.8 Å². The van der Waals surface area contributed by atoms with Gasteiger partial charge in [-0.2, -0.15) is 18.3 Å². The van der Waals surface area contributed by atoms with Gasteiger partial charge in [0.2, 0.25) is 0 Å². The van der Waals surface area contributed by atoms with Gasteiger partial charge in [0.15, 0.2) is 0 Å². The molecule has 1 spiro atoms. The number of hydrazine groups is 1. The minimum Gasteiger partial charge on any atom is -0.384 e. The summed E-state index contributed by atoms with van der Waals surface area (Å²) in [6.07, 6.45) is -6.73. The van der Waals surface area contributed by atoms with Crippen LogP contribution in [-0.2, 0) is 4.79 Å². The van der Waals surface area contributed by atoms with Gasteiger partial charge in [-0.15, -0.1) is 0 Å². The quantitative estimate of drug-likeness (QED) is 0.0618. The van der Waals surface area contributed by atoms with Crippen LogP contribution in [0.5, 0.6) is 0 Å². The van der Waals surface area contributed by atoms with Crippen LogP contribution in [0.2, 0.25) is 0 Å². The van der Waals surface area contributed by atoms with Gasteiger partial charge in [0.05, 0.1) is 18.5 Å². The molecule has 17 heteroatoms. The molecule has 2 aromatic rings. The van der Waals surface area contributed by atoms with Crippen molar-refractivity contribution >= 4 is 32.6 Å². The van der Waals surface area contributed by atoms with E-state index in [4.69, 9.17) is 11.6 Å². The molecule has 5 atom stereocenters. The number of rotatable bonds is 10. The number of halogens is 7. The number of benzene rings is 2. The van der Waals surface area contributed by atoms with Gasteiger partial charge in [-0.05, 0) is 54.5 Å². The number of nitrogens with one attached hydrogen (secondary N) is 2. The lowest BCUT2D eigenvalue weighted by Crippen LogP contribution is -2.56. The standard InChI is InChI=1S/C32H39F7N7O2P/c1-29(2,3)9-8-24(17-4-6-18(7-5-17)27(47)42-16-25(40)44-45-41)46-28(48)26(19-10-22(33)13-23(34)11-19)43-30(46)14-20(31(35,36)37)12-21(15-30)32(38,39)49/h4-7,10-11,13,20-21,24,45H,8-9,12,14-16,41,49H2,1-3H3,(H2,40,44)(H,42,47). The van der Waals surface area contributed by atoms with Crippen LogP contribution in [0.15, 0.2) is 52.6 Å². The van der Waals surface area contributed by atoms with Crippen LogP contribution in [-0.4, -0.2) is 52.3 Å². The summed E-state index contributed by atoms with van der Waals surface area (Å²) in [4.78, 5) is 32.7. The summed E-state index contributed by atoms with van der Waals surface area (Å²) in [6.45, 7) is 5.59. The number of nitrogens with two attached hydrogens (primary N) is 2. The molecule has 0 aromatic heterocycles. The molecule has 49 heavy (non-hydrogen) atoms. The third kappa shape index (κ3) is 9.07. The molecular formula is C32H39F7N7O2P. The predicted octanol–water partition coefficient (Wildman–Crippen LogP) is 5.77. The molecule has 1 aliphatic heterocycles. The SMILES string of the molecule is CC(C)(C)CCC(c1ccc(C(=O)NC/C(N)=N/NN)cc1)N1C(=O)C(c2cc(F)cc(F)c2)=NC12CC(C(F)(F)F)CC(C(F)(F)P)C2. The van der Waals surface area contributed by atoms with Crippen LogP contribution in [0.25, 0.3) is 0 Å². The maximum Gasteiger partial charge on any atom is 0.391 e. The van der Waals surface area contributed by atoms with Gasteiger partial charge in [0, 0.05) is 36.0 Å². The number of carbonyl (C=O) groups excluding carboxylic acids is 2. The molecule has 2 aromatic carbocycles. The number of hydrogen-bond donors (Lipinski definition) is 4. The Morgan fingerprint density at radius 1 is 1.06 bits per heavy atom. The molecule has 0 bridgehead atoms. The molecule has 1 fully saturated rings. The third-order valence-electron chi connectivity index (χ3n) is 8.72. The van der Waals surface area contributed by atoms with E-state index in [9.17, 15) is 40.3 Å². The highest BCUT2D eigenvalue weighted by atomic mass is 31.0. The molecule has 0 saturated heterocycles. The van der Waals surface area contributed by atoms with Crippen LogP contribution in [0.3, 0.4) is 0 Å². The summed E-state index contributed by atoms with van der Waals surface area (Å²) < 4.78 is 102. The Morgan fingerprint density at radius 2 is 1.65 bits per heavy atom. The zero-order chi connectivity index (χ0) is 36.5. The molecule has 4 rings (SSSR count). The predicted molar refractivity (Wildman–Crippen MR) is 173 cm³/mol. The van der Waals surface area contributed by atoms with Crippen molar-refractivity contribution in [2.45, 2.75) is 76.4 Å². The van der Waals surface area contributed by atoms with Gasteiger partial charge in [-0.3, -0.25) is 14.6 Å². The fourth-order valence-electron chi connectivity index (χ4n) is 6.40. The molecule has 2 aliphatic rings. The first-order valence-electron chi connectivity index (χ1n) is 15.4. The number of nitrogens with zero attached hydrogens (tertiary/aromatic N) is 3. The summed E-state index contributed by atoms with van der Waals surface area (Å²) in [5, 5.41) is 6.08. The van der Waals surface area contributed by atoms with Crippen LogP contribution in [0.4, 0.5) is 30.7 Å². The Bertz CT molecular complexity index is 1560. The summed E-state index contributed by atoms with van der Waals surface area (Å²) in [7, 11) is 1.30. The second-order valence-corrected chi connectivity index (χ2v) is 14.5. The summed E-state index contributed by atoms with van der Waals surface area (Å²) >= 11 is 0. The largest absolute Gasteiger partial charge is 0.391 e. The van der Waals surface area contributed by atoms with E-state index in [-0.39, 0.29) is 35.3 Å². The van der Waals surface area contributed by atoms with Crippen molar-refractivity contribution in [2.24, 2.45) is 38.9 Å². The highest BCUT2D eigenvalue weighted by Crippen LogP contribution is 2.56. The molecule has 5 unspecified atom stereocenters. The van der Waals surface area contributed by atoms with Crippen molar-refractivity contribution in [1.29, 1.82) is 0 Å². The lowest BCUT2D eigenvalue weighted by Gasteiger charge is -2.49. The van der Waals surface area contributed by atoms with Crippen molar-refractivity contribution in [3.05, 3.63) is 70.8 Å². The highest BCUT2D eigenvalue weighted by molar-refractivity contribution is 7.18. The first-order valence-corrected chi connectivity index (χ1v) is 16.0. The molecule has 2 amide bonds. The molecule has 0 radical (unpaired) electrons. The fraction of sp³-hybridized carbons (Fsp3) is 0.500. The number of hydrogen-bond acceptors (Lipinski definition) is 6. The second-order valence-electron chi connectivity index (χ2n) is 13.7. The van der Waals surface area contributed by atoms with E-state index in [2.05, 4.69) is 15.4 Å². The molecule has 1 aliphatic carbocycles. The lowest BCUT2D eigenvalue weighted by atomic mass is 9.73. The smallest absolute Gasteiger partial charge is 0.384 e. The number of alkyl halides is 5. The molecular weight excluding hydrogens is 678 g/mol. The zero-order valence-electron chi connectivity index (χ0n) is 27.1. The van der Waals surface area contributed by atoms with Crippen molar-refractivity contribution in [2.75, 3.05) is 6.54 Å². The average molecular weight is 718 g/mol. The molecule has 268 valence electrons. The fourth-order valence-corrected chi connectivity index (χ4v) is 6.66. The minimum atomic E-state index is -4.91. The van der Waals surface area contributed by atoms with E-state index >= 15 is 0 Å². The Labute approximate surface area is 281 Å². The molecule has 9 nitrogen and oxygen atoms in total. The average Bonchev–Trinajstić information content (AvgIpc) is 3.25. The first kappa shape index (κ1) is 38.0. The number of carbonyl (C=O) groups is 2. The lowest BCUT2D eigenvalue weighted by molar-refractivity contribution is -0.208. The Hall–Kier alpha value is -3.78. The van der Waals surface area contributed by atoms with E-state index < -0.39 is 83.8 Å². The van der Waals surface area contributed by atoms with Gasteiger partial charge in [-0.1, -0.05) is 42.1 Å². The van der Waals surface area contributed by atoms with Crippen LogP contribution in [0, 0.1) is 28.9 Å². The zero-order valence-corrected chi connectivity index (χ0v) is 28.2. The number of aliphatic imine (C=N–C) groups is 1. The van der Waals surface area contributed by atoms with Gasteiger partial charge >= 0.3 is 6.18 Å². The normalized spacial score (nSPS) is 22.7. The molecule has 1 saturated carbocycles. The van der Waals surface area contributed by atoms with Crippen molar-refractivity contribution in [3.8, 4) is 0 Å². The van der Waals surface area contributed by atoms with Crippen molar-refractivity contribution < 1.29 is 40.3 Å². The van der Waals surface area contributed by atoms with E-state index in [1.165, 1.54) is 33.5 Å². The second kappa shape index (κ2) is 14.2. The Kier molecular flexibility index (Phi) is 11.0. The van der Waals surface area contributed by atoms with E-state index in [1.807, 2.05) is 26.3 Å². The van der Waals surface area contributed by atoms with E-state index in [0.29, 0.717) is 18.1 Å². The summed E-state index contributed by atoms with van der Waals surface area (Å²) in [5.41, 5.74) is 1.15. The monoisotopic (exact) mass is 717 g/mol. The van der Waals surface area contributed by atoms with Gasteiger partial charge in [0.25, 0.3) is 17.5 Å². The number of hydrazone groups is 1. The number of amidine groups is 1. The minimum absolute atomic E-state index is 0.0134.